The van der Waals surface area contributed by atoms with Crippen LogP contribution in [0.25, 0.3) is 5.82 Å². The molecule has 4 aromatic rings. The van der Waals surface area contributed by atoms with Gasteiger partial charge < -0.3 is 9.30 Å². The van der Waals surface area contributed by atoms with E-state index in [9.17, 15) is 8.42 Å². The van der Waals surface area contributed by atoms with E-state index in [0.717, 1.165) is 11.4 Å². The predicted molar refractivity (Wildman–Crippen MR) is 119 cm³/mol. The summed E-state index contributed by atoms with van der Waals surface area (Å²) in [6.45, 7) is 7.75. The number of sulfonamides is 1. The first-order valence-electron chi connectivity index (χ1n) is 9.93. The number of nitrogens with zero attached hydrogens (tertiary/aromatic N) is 6. The van der Waals surface area contributed by atoms with Gasteiger partial charge in [0, 0.05) is 29.7 Å². The number of hydrogen-bond acceptors (Lipinski definition) is 7. The Balaban J connectivity index is 1.43. The number of ether oxygens (including phenoxy) is 1. The third-order valence-corrected chi connectivity index (χ3v) is 5.90. The second-order valence-electron chi connectivity index (χ2n) is 7.55. The zero-order chi connectivity index (χ0) is 22.9. The van der Waals surface area contributed by atoms with Crippen molar-refractivity contribution >= 4 is 15.7 Å². The van der Waals surface area contributed by atoms with Crippen molar-refractivity contribution < 1.29 is 13.2 Å². The number of nitrogens with one attached hydrogen (secondary N) is 1. The Morgan fingerprint density at radius 3 is 2.34 bits per heavy atom. The van der Waals surface area contributed by atoms with E-state index in [1.54, 1.807) is 45.6 Å². The van der Waals surface area contributed by atoms with Crippen LogP contribution >= 0.6 is 0 Å². The molecule has 0 spiro atoms. The van der Waals surface area contributed by atoms with Crippen LogP contribution in [-0.4, -0.2) is 37.9 Å². The van der Waals surface area contributed by atoms with Gasteiger partial charge in [0.2, 0.25) is 5.88 Å². The molecule has 3 heterocycles. The van der Waals surface area contributed by atoms with Gasteiger partial charge in [-0.25, -0.2) is 9.67 Å². The Morgan fingerprint density at radius 1 is 1.03 bits per heavy atom. The molecule has 3 aromatic heterocycles. The first-order valence-corrected chi connectivity index (χ1v) is 11.4. The summed E-state index contributed by atoms with van der Waals surface area (Å²) in [6.07, 6.45) is 3.00. The maximum Gasteiger partial charge on any atom is 0.280 e. The van der Waals surface area contributed by atoms with E-state index in [2.05, 4.69) is 25.0 Å². The largest absolute Gasteiger partial charge is 0.438 e. The van der Waals surface area contributed by atoms with Crippen molar-refractivity contribution in [2.45, 2.75) is 38.8 Å². The fourth-order valence-corrected chi connectivity index (χ4v) is 4.00. The Kier molecular flexibility index (Phi) is 5.66. The molecule has 1 N–H and O–H groups in total. The van der Waals surface area contributed by atoms with Crippen molar-refractivity contribution in [3.05, 3.63) is 66.4 Å². The van der Waals surface area contributed by atoms with Crippen LogP contribution in [-0.2, 0) is 10.0 Å². The van der Waals surface area contributed by atoms with Gasteiger partial charge in [-0.15, -0.1) is 10.2 Å². The minimum Gasteiger partial charge on any atom is -0.438 e. The lowest BCUT2D eigenvalue weighted by Crippen LogP contribution is -2.13. The van der Waals surface area contributed by atoms with Gasteiger partial charge in [0.05, 0.1) is 12.0 Å². The van der Waals surface area contributed by atoms with Crippen molar-refractivity contribution in [2.24, 2.45) is 0 Å². The van der Waals surface area contributed by atoms with Crippen LogP contribution in [0.5, 0.6) is 11.6 Å². The average molecular weight is 454 g/mol. The van der Waals surface area contributed by atoms with E-state index in [1.165, 1.54) is 12.5 Å². The molecule has 32 heavy (non-hydrogen) atoms. The molecule has 0 fully saturated rings. The molecular formula is C21H23N7O3S. The highest BCUT2D eigenvalue weighted by atomic mass is 32.2. The highest BCUT2D eigenvalue weighted by Gasteiger charge is 2.18. The van der Waals surface area contributed by atoms with Crippen LogP contribution in [0.4, 0.5) is 5.69 Å². The Labute approximate surface area is 186 Å². The quantitative estimate of drug-likeness (QED) is 0.454. The number of aryl methyl sites for hydroxylation is 2. The monoisotopic (exact) mass is 453 g/mol. The zero-order valence-corrected chi connectivity index (χ0v) is 18.9. The van der Waals surface area contributed by atoms with Gasteiger partial charge in [0.1, 0.15) is 5.75 Å². The van der Waals surface area contributed by atoms with Crippen LogP contribution < -0.4 is 9.46 Å². The van der Waals surface area contributed by atoms with Crippen molar-refractivity contribution in [2.75, 3.05) is 4.72 Å². The summed E-state index contributed by atoms with van der Waals surface area (Å²) in [5.74, 6) is 1.39. The molecule has 0 saturated heterocycles. The minimum absolute atomic E-state index is 0.0375. The van der Waals surface area contributed by atoms with Crippen molar-refractivity contribution in [3.8, 4) is 17.4 Å². The molecule has 0 bridgehead atoms. The molecule has 1 aromatic carbocycles. The predicted octanol–water partition coefficient (Wildman–Crippen LogP) is 3.65. The van der Waals surface area contributed by atoms with E-state index in [-0.39, 0.29) is 11.1 Å². The Hall–Kier alpha value is -3.73. The average Bonchev–Trinajstić information content (AvgIpc) is 3.37. The van der Waals surface area contributed by atoms with Crippen LogP contribution in [0.1, 0.15) is 31.3 Å². The number of rotatable bonds is 7. The molecule has 4 rings (SSSR count). The third kappa shape index (κ3) is 4.62. The van der Waals surface area contributed by atoms with Gasteiger partial charge in [-0.3, -0.25) is 4.72 Å². The molecule has 0 radical (unpaired) electrons. The number of hydrogen-bond donors (Lipinski definition) is 1. The van der Waals surface area contributed by atoms with E-state index in [4.69, 9.17) is 4.74 Å². The molecule has 0 aliphatic carbocycles. The SMILES string of the molecule is Cc1cc(C)n(-c2ccc(Oc3ccc(NS(=O)(=O)c4cn(C(C)C)cn4)cc3)nn2)n1. The fourth-order valence-electron chi connectivity index (χ4n) is 3.00. The number of anilines is 1. The third-order valence-electron chi connectivity index (χ3n) is 4.63. The Bertz CT molecular complexity index is 1320. The van der Waals surface area contributed by atoms with E-state index in [1.807, 2.05) is 33.8 Å². The molecule has 0 aliphatic rings. The zero-order valence-electron chi connectivity index (χ0n) is 18.1. The topological polar surface area (TPSA) is 117 Å². The van der Waals surface area contributed by atoms with Crippen LogP contribution in [0, 0.1) is 13.8 Å². The summed E-state index contributed by atoms with van der Waals surface area (Å²) in [6, 6.07) is 12.0. The lowest BCUT2D eigenvalue weighted by atomic mass is 10.3. The van der Waals surface area contributed by atoms with Gasteiger partial charge in [-0.1, -0.05) is 0 Å². The number of benzene rings is 1. The highest BCUT2D eigenvalue weighted by Crippen LogP contribution is 2.23. The summed E-state index contributed by atoms with van der Waals surface area (Å²) in [7, 11) is -3.78. The Morgan fingerprint density at radius 2 is 1.78 bits per heavy atom. The van der Waals surface area contributed by atoms with Crippen LogP contribution in [0.2, 0.25) is 0 Å². The standard InChI is InChI=1S/C21H23N7O3S/c1-14(2)27-12-21(22-13-27)32(29,30)26-17-5-7-18(8-6-17)31-20-10-9-19(23-24-20)28-16(4)11-15(3)25-28/h5-14,26H,1-4H3. The molecule has 0 atom stereocenters. The van der Waals surface area contributed by atoms with Crippen molar-refractivity contribution in [3.63, 3.8) is 0 Å². The van der Waals surface area contributed by atoms with Gasteiger partial charge in [-0.2, -0.15) is 13.5 Å². The van der Waals surface area contributed by atoms with Gasteiger partial charge in [-0.05, 0) is 64.1 Å². The van der Waals surface area contributed by atoms with Gasteiger partial charge in [0.15, 0.2) is 10.8 Å². The van der Waals surface area contributed by atoms with Crippen LogP contribution in [0.3, 0.4) is 0 Å². The first kappa shape index (κ1) is 21.5. The second kappa shape index (κ2) is 8.42. The highest BCUT2D eigenvalue weighted by molar-refractivity contribution is 7.92. The normalized spacial score (nSPS) is 11.7. The summed E-state index contributed by atoms with van der Waals surface area (Å²) in [5.41, 5.74) is 2.25. The van der Waals surface area contributed by atoms with E-state index < -0.39 is 10.0 Å². The smallest absolute Gasteiger partial charge is 0.280 e. The van der Waals surface area contributed by atoms with Gasteiger partial charge >= 0.3 is 0 Å². The summed E-state index contributed by atoms with van der Waals surface area (Å²) < 4.78 is 36.7. The number of imidazole rings is 1. The maximum absolute atomic E-state index is 12.5. The summed E-state index contributed by atoms with van der Waals surface area (Å²) in [4.78, 5) is 3.98. The van der Waals surface area contributed by atoms with E-state index >= 15 is 0 Å². The molecule has 0 unspecified atom stereocenters. The summed E-state index contributed by atoms with van der Waals surface area (Å²) in [5, 5.41) is 12.6. The minimum atomic E-state index is -3.78. The molecule has 11 heteroatoms. The fraction of sp³-hybridized carbons (Fsp3) is 0.238. The molecular weight excluding hydrogens is 430 g/mol. The maximum atomic E-state index is 12.5. The first-order chi connectivity index (χ1) is 15.2. The molecule has 0 amide bonds. The van der Waals surface area contributed by atoms with Crippen molar-refractivity contribution in [1.82, 2.24) is 29.5 Å². The van der Waals surface area contributed by atoms with Gasteiger partial charge in [0.25, 0.3) is 10.0 Å². The summed E-state index contributed by atoms with van der Waals surface area (Å²) >= 11 is 0. The molecule has 166 valence electrons. The lowest BCUT2D eigenvalue weighted by Gasteiger charge is -2.08. The molecule has 0 aliphatic heterocycles. The van der Waals surface area contributed by atoms with E-state index in [0.29, 0.717) is 23.1 Å². The number of aromatic nitrogens is 6. The lowest BCUT2D eigenvalue weighted by molar-refractivity contribution is 0.454. The molecule has 0 saturated carbocycles. The van der Waals surface area contributed by atoms with Crippen LogP contribution in [0.15, 0.2) is 60.0 Å². The molecule has 10 nitrogen and oxygen atoms in total. The second-order valence-corrected chi connectivity index (χ2v) is 9.18. The van der Waals surface area contributed by atoms with Crippen molar-refractivity contribution in [1.29, 1.82) is 0 Å².